The Morgan fingerprint density at radius 2 is 2.00 bits per heavy atom. The second-order valence-electron chi connectivity index (χ2n) is 5.59. The first-order valence-corrected chi connectivity index (χ1v) is 8.98. The molecule has 0 spiro atoms. The highest BCUT2D eigenvalue weighted by Gasteiger charge is 2.37. The maximum absolute atomic E-state index is 12.8. The van der Waals surface area contributed by atoms with Crippen molar-refractivity contribution in [3.8, 4) is 0 Å². The van der Waals surface area contributed by atoms with Crippen molar-refractivity contribution < 1.29 is 13.2 Å². The van der Waals surface area contributed by atoms with E-state index in [0.717, 1.165) is 12.8 Å². The lowest BCUT2D eigenvalue weighted by Gasteiger charge is -2.34. The molecule has 0 aromatic heterocycles. The van der Waals surface area contributed by atoms with Crippen LogP contribution in [0.3, 0.4) is 0 Å². The molecule has 1 unspecified atom stereocenters. The average molecular weight is 362 g/mol. The summed E-state index contributed by atoms with van der Waals surface area (Å²) in [5.41, 5.74) is 5.51. The molecule has 1 amide bonds. The first-order valence-electron chi connectivity index (χ1n) is 7.54. The Hall–Kier alpha value is -1.15. The van der Waals surface area contributed by atoms with E-state index in [2.05, 4.69) is 5.32 Å². The zero-order valence-corrected chi connectivity index (χ0v) is 14.8. The Morgan fingerprint density at radius 1 is 1.35 bits per heavy atom. The molecule has 0 aliphatic carbocycles. The van der Waals surface area contributed by atoms with Gasteiger partial charge in [0.15, 0.2) is 0 Å². The number of rotatable bonds is 5. The van der Waals surface area contributed by atoms with Crippen LogP contribution in [0.1, 0.15) is 26.2 Å². The molecular formula is C15H24ClN3O3S. The highest BCUT2D eigenvalue weighted by atomic mass is 35.5. The van der Waals surface area contributed by atoms with Gasteiger partial charge in [0.25, 0.3) is 0 Å². The molecule has 1 aromatic carbocycles. The van der Waals surface area contributed by atoms with E-state index < -0.39 is 16.1 Å². The third kappa shape index (κ3) is 4.67. The van der Waals surface area contributed by atoms with Crippen molar-refractivity contribution in [2.24, 2.45) is 5.73 Å². The summed E-state index contributed by atoms with van der Waals surface area (Å²) in [7, 11) is -3.66. The molecule has 1 fully saturated rings. The van der Waals surface area contributed by atoms with E-state index in [1.165, 1.54) is 4.31 Å². The monoisotopic (exact) mass is 361 g/mol. The van der Waals surface area contributed by atoms with Gasteiger partial charge in [0, 0.05) is 19.1 Å². The highest BCUT2D eigenvalue weighted by molar-refractivity contribution is 7.89. The molecule has 3 N–H and O–H groups in total. The normalized spacial score (nSPS) is 20.3. The fourth-order valence-electron chi connectivity index (χ4n) is 2.58. The number of nitrogens with zero attached hydrogens (tertiary/aromatic N) is 1. The SMILES string of the molecule is C[C@@H](CN)NC(=O)C1CCCCN1S(=O)(=O)c1ccccc1.Cl. The van der Waals surface area contributed by atoms with Crippen molar-refractivity contribution in [3.63, 3.8) is 0 Å². The van der Waals surface area contributed by atoms with Gasteiger partial charge >= 0.3 is 0 Å². The van der Waals surface area contributed by atoms with E-state index in [0.29, 0.717) is 19.5 Å². The number of nitrogens with one attached hydrogen (secondary N) is 1. The third-order valence-corrected chi connectivity index (χ3v) is 5.77. The summed E-state index contributed by atoms with van der Waals surface area (Å²) in [6.07, 6.45) is 2.15. The first kappa shape index (κ1) is 19.9. The van der Waals surface area contributed by atoms with E-state index in [4.69, 9.17) is 5.73 Å². The molecular weight excluding hydrogens is 338 g/mol. The predicted molar refractivity (Wildman–Crippen MR) is 91.9 cm³/mol. The maximum Gasteiger partial charge on any atom is 0.243 e. The number of carbonyl (C=O) groups is 1. The highest BCUT2D eigenvalue weighted by Crippen LogP contribution is 2.25. The van der Waals surface area contributed by atoms with Crippen LogP contribution in [-0.2, 0) is 14.8 Å². The van der Waals surface area contributed by atoms with E-state index in [-0.39, 0.29) is 29.3 Å². The van der Waals surface area contributed by atoms with Crippen LogP contribution in [-0.4, -0.2) is 43.8 Å². The quantitative estimate of drug-likeness (QED) is 0.821. The van der Waals surface area contributed by atoms with Crippen molar-refractivity contribution in [1.29, 1.82) is 0 Å². The number of hydrogen-bond donors (Lipinski definition) is 2. The molecule has 8 heteroatoms. The number of sulfonamides is 1. The molecule has 6 nitrogen and oxygen atoms in total. The van der Waals surface area contributed by atoms with E-state index in [9.17, 15) is 13.2 Å². The third-order valence-electron chi connectivity index (χ3n) is 3.85. The summed E-state index contributed by atoms with van der Waals surface area (Å²) >= 11 is 0. The van der Waals surface area contributed by atoms with Crippen LogP contribution in [0.25, 0.3) is 0 Å². The topological polar surface area (TPSA) is 92.5 Å². The number of hydrogen-bond acceptors (Lipinski definition) is 4. The smallest absolute Gasteiger partial charge is 0.243 e. The lowest BCUT2D eigenvalue weighted by Crippen LogP contribution is -2.54. The molecule has 0 radical (unpaired) electrons. The minimum atomic E-state index is -3.66. The molecule has 23 heavy (non-hydrogen) atoms. The van der Waals surface area contributed by atoms with Gasteiger partial charge in [0.2, 0.25) is 15.9 Å². The maximum atomic E-state index is 12.8. The molecule has 2 atom stereocenters. The van der Waals surface area contributed by atoms with Gasteiger partial charge in [0.05, 0.1) is 4.90 Å². The van der Waals surface area contributed by atoms with Gasteiger partial charge in [-0.1, -0.05) is 24.6 Å². The van der Waals surface area contributed by atoms with Crippen LogP contribution < -0.4 is 11.1 Å². The van der Waals surface area contributed by atoms with Gasteiger partial charge in [-0.2, -0.15) is 4.31 Å². The molecule has 130 valence electrons. The van der Waals surface area contributed by atoms with Crippen molar-refractivity contribution in [2.45, 2.75) is 43.2 Å². The zero-order chi connectivity index (χ0) is 16.2. The van der Waals surface area contributed by atoms with Crippen molar-refractivity contribution >= 4 is 28.3 Å². The molecule has 1 aliphatic heterocycles. The standard InChI is InChI=1S/C15H23N3O3S.ClH/c1-12(11-16)17-15(19)14-9-5-6-10-18(14)22(20,21)13-7-3-2-4-8-13;/h2-4,7-8,12,14H,5-6,9-11,16H2,1H3,(H,17,19);1H/t12-,14?;/m0./s1. The second kappa shape index (κ2) is 8.63. The van der Waals surface area contributed by atoms with Crippen molar-refractivity contribution in [2.75, 3.05) is 13.1 Å². The van der Waals surface area contributed by atoms with Gasteiger partial charge in [-0.25, -0.2) is 8.42 Å². The van der Waals surface area contributed by atoms with Crippen LogP contribution in [0.4, 0.5) is 0 Å². The summed E-state index contributed by atoms with van der Waals surface area (Å²) in [5, 5.41) is 2.78. The zero-order valence-electron chi connectivity index (χ0n) is 13.1. The molecule has 1 heterocycles. The Morgan fingerprint density at radius 3 is 2.61 bits per heavy atom. The van der Waals surface area contributed by atoms with Crippen LogP contribution in [0.5, 0.6) is 0 Å². The van der Waals surface area contributed by atoms with Gasteiger partial charge in [0.1, 0.15) is 6.04 Å². The summed E-state index contributed by atoms with van der Waals surface area (Å²) in [6, 6.07) is 7.42. The lowest BCUT2D eigenvalue weighted by atomic mass is 10.0. The molecule has 1 aliphatic rings. The molecule has 1 aromatic rings. The van der Waals surface area contributed by atoms with Crippen LogP contribution in [0.2, 0.25) is 0 Å². The fraction of sp³-hybridized carbons (Fsp3) is 0.533. The molecule has 2 rings (SSSR count). The van der Waals surface area contributed by atoms with Crippen LogP contribution in [0, 0.1) is 0 Å². The van der Waals surface area contributed by atoms with Crippen LogP contribution in [0.15, 0.2) is 35.2 Å². The summed E-state index contributed by atoms with van der Waals surface area (Å²) in [6.45, 7) is 2.49. The molecule has 1 saturated heterocycles. The molecule has 0 bridgehead atoms. The van der Waals surface area contributed by atoms with Gasteiger partial charge < -0.3 is 11.1 Å². The minimum Gasteiger partial charge on any atom is -0.351 e. The van der Waals surface area contributed by atoms with E-state index in [1.807, 2.05) is 0 Å². The Balaban J connectivity index is 0.00000264. The average Bonchev–Trinajstić information content (AvgIpc) is 2.55. The lowest BCUT2D eigenvalue weighted by molar-refractivity contribution is -0.126. The number of halogens is 1. The number of carbonyl (C=O) groups excluding carboxylic acids is 1. The second-order valence-corrected chi connectivity index (χ2v) is 7.48. The Kier molecular flexibility index (Phi) is 7.47. The minimum absolute atomic E-state index is 0. The number of nitrogens with two attached hydrogens (primary N) is 1. The largest absolute Gasteiger partial charge is 0.351 e. The van der Waals surface area contributed by atoms with Gasteiger partial charge in [-0.15, -0.1) is 12.4 Å². The Labute approximate surface area is 143 Å². The van der Waals surface area contributed by atoms with Crippen LogP contribution >= 0.6 is 12.4 Å². The van der Waals surface area contributed by atoms with Crippen molar-refractivity contribution in [1.82, 2.24) is 9.62 Å². The number of amides is 1. The summed E-state index contributed by atoms with van der Waals surface area (Å²) in [4.78, 5) is 12.6. The van der Waals surface area contributed by atoms with E-state index in [1.54, 1.807) is 37.3 Å². The van der Waals surface area contributed by atoms with Gasteiger partial charge in [-0.3, -0.25) is 4.79 Å². The van der Waals surface area contributed by atoms with Gasteiger partial charge in [-0.05, 0) is 31.9 Å². The summed E-state index contributed by atoms with van der Waals surface area (Å²) < 4.78 is 26.9. The first-order chi connectivity index (χ1) is 10.5. The number of piperidine rings is 1. The number of benzene rings is 1. The Bertz CT molecular complexity index is 610. The molecule has 0 saturated carbocycles. The van der Waals surface area contributed by atoms with E-state index >= 15 is 0 Å². The predicted octanol–water partition coefficient (Wildman–Crippen LogP) is 1.11. The summed E-state index contributed by atoms with van der Waals surface area (Å²) in [5.74, 6) is -0.267. The fourth-order valence-corrected chi connectivity index (χ4v) is 4.26. The van der Waals surface area contributed by atoms with Crippen molar-refractivity contribution in [3.05, 3.63) is 30.3 Å².